The van der Waals surface area contributed by atoms with E-state index in [1.807, 2.05) is 41.5 Å². The molecule has 0 aliphatic carbocycles. The van der Waals surface area contributed by atoms with Crippen molar-refractivity contribution < 1.29 is 80.3 Å². The van der Waals surface area contributed by atoms with Gasteiger partial charge in [-0.05, 0) is 71.4 Å². The van der Waals surface area contributed by atoms with Gasteiger partial charge in [0, 0.05) is 43.9 Å². The minimum Gasteiger partial charge on any atom is -0.475 e. The normalized spacial score (nSPS) is 18.1. The van der Waals surface area contributed by atoms with E-state index in [1.165, 1.54) is 30.3 Å². The predicted molar refractivity (Wildman–Crippen MR) is 276 cm³/mol. The molecule has 2 fully saturated rings. The van der Waals surface area contributed by atoms with Crippen LogP contribution in [0, 0.1) is 10.8 Å². The number of alkyl halides is 3. The summed E-state index contributed by atoms with van der Waals surface area (Å²) in [6, 6.07) is 3.95. The van der Waals surface area contributed by atoms with Crippen molar-refractivity contribution in [1.82, 2.24) is 30.8 Å². The van der Waals surface area contributed by atoms with Gasteiger partial charge in [-0.25, -0.2) is 29.1 Å². The number of rotatable bonds is 14. The fraction of sp³-hybridized carbons (Fsp3) is 0.588. The molecule has 20 nitrogen and oxygen atoms in total. The molecule has 6 atom stereocenters. The van der Waals surface area contributed by atoms with Gasteiger partial charge in [-0.2, -0.15) is 13.2 Å². The maximum Gasteiger partial charge on any atom is 0.490 e. The van der Waals surface area contributed by atoms with E-state index in [1.54, 1.807) is 71.9 Å². The number of carbonyl (C=O) groups is 7. The first-order valence-corrected chi connectivity index (χ1v) is 24.5. The van der Waals surface area contributed by atoms with Crippen LogP contribution in [0.2, 0.25) is 10.0 Å². The van der Waals surface area contributed by atoms with Gasteiger partial charge in [0.15, 0.2) is 5.78 Å². The molecule has 3 amide bonds. The predicted octanol–water partition coefficient (Wildman–Crippen LogP) is 8.47. The summed E-state index contributed by atoms with van der Waals surface area (Å²) in [6.07, 6.45) is -0.247. The molecule has 4 N–H and O–H groups in total. The Morgan fingerprint density at radius 1 is 0.724 bits per heavy atom. The lowest BCUT2D eigenvalue weighted by Crippen LogP contribution is -2.57. The highest BCUT2D eigenvalue weighted by Crippen LogP contribution is 2.29. The van der Waals surface area contributed by atoms with Gasteiger partial charge in [0.2, 0.25) is 17.7 Å². The summed E-state index contributed by atoms with van der Waals surface area (Å²) in [6.45, 7) is 31.2. The second-order valence-electron chi connectivity index (χ2n) is 21.2. The molecule has 0 aromatic carbocycles. The number of hydrogen-bond acceptors (Lipinski definition) is 16. The van der Waals surface area contributed by atoms with Crippen LogP contribution in [-0.4, -0.2) is 142 Å². The van der Waals surface area contributed by atoms with Crippen LogP contribution in [0.4, 0.5) is 22.8 Å². The molecule has 4 rings (SSSR count). The van der Waals surface area contributed by atoms with Crippen molar-refractivity contribution in [2.75, 3.05) is 26.3 Å². The number of carbonyl (C=O) groups excluding carboxylic acids is 6. The zero-order chi connectivity index (χ0) is 58.6. The third-order valence-corrected chi connectivity index (χ3v) is 10.3. The van der Waals surface area contributed by atoms with Gasteiger partial charge in [-0.3, -0.25) is 14.4 Å². The average Bonchev–Trinajstić information content (AvgIpc) is 3.93. The molecule has 0 radical (unpaired) electrons. The molecule has 2 aliphatic heterocycles. The van der Waals surface area contributed by atoms with Crippen molar-refractivity contribution in [2.24, 2.45) is 10.8 Å². The second kappa shape index (κ2) is 29.9. The number of hydrogen-bond donors (Lipinski definition) is 4. The summed E-state index contributed by atoms with van der Waals surface area (Å²) in [7, 11) is 0. The number of ether oxygens (including phenoxy) is 6. The van der Waals surface area contributed by atoms with Gasteiger partial charge >= 0.3 is 36.3 Å². The maximum absolute atomic E-state index is 13.7. The first kappa shape index (κ1) is 67.8. The molecule has 426 valence electrons. The molecule has 2 aromatic rings. The van der Waals surface area contributed by atoms with Crippen LogP contribution in [0.3, 0.4) is 0 Å². The molecule has 4 heterocycles. The molecule has 2 aliphatic rings. The van der Waals surface area contributed by atoms with E-state index >= 15 is 0 Å². The number of aromatic nitrogens is 2. The van der Waals surface area contributed by atoms with Gasteiger partial charge in [0.1, 0.15) is 54.7 Å². The van der Waals surface area contributed by atoms with Crippen molar-refractivity contribution in [3.63, 3.8) is 0 Å². The van der Waals surface area contributed by atoms with E-state index in [4.69, 9.17) is 61.5 Å². The van der Waals surface area contributed by atoms with E-state index in [9.17, 15) is 41.9 Å². The highest BCUT2D eigenvalue weighted by molar-refractivity contribution is 6.30. The smallest absolute Gasteiger partial charge is 0.475 e. The Kier molecular flexibility index (Phi) is 26.7. The number of ketones is 1. The lowest BCUT2D eigenvalue weighted by molar-refractivity contribution is -0.192. The quantitative estimate of drug-likeness (QED) is 0.0785. The minimum absolute atomic E-state index is 0.0144. The van der Waals surface area contributed by atoms with E-state index in [0.717, 1.165) is 0 Å². The van der Waals surface area contributed by atoms with Crippen LogP contribution < -0.4 is 25.4 Å². The molecular formula is C51H73Cl2F3N6O14. The lowest BCUT2D eigenvalue weighted by atomic mass is 9.85. The van der Waals surface area contributed by atoms with Gasteiger partial charge in [-0.15, -0.1) is 0 Å². The van der Waals surface area contributed by atoms with Crippen LogP contribution in [0.5, 0.6) is 11.8 Å². The standard InChI is InChI=1S/C24H34ClN3O6.C13H15ClN2O3.C12H23NO3.C2HF3O2/c1-8-11-32-21(30)17-12-16(33-18-10-9-15(25)13-26-18)14-28(17)20(29)19(23(2,3)4)27-22(31)34-24(5,6)7;1-2-5-18-13(17)11-6-10(8-15-11)19-12-4-3-9(14)7-16-12;1-8(14)9(11(2,3)4)13-10(15)16-12(5,6)7;3-2(4,5)1(6)7/h8-10,13,16-17,19H,1,11-12,14H2,2-7H3,(H,27,31);2-4,7,10-11,15H,1,5-6,8H2;9H,1-7H3,(H,13,15);(H,6,7)/t16-,17+,19-;10-,11+;9-;/m111./s1. The van der Waals surface area contributed by atoms with Gasteiger partial charge in [0.05, 0.1) is 22.6 Å². The van der Waals surface area contributed by atoms with Crippen LogP contribution in [-0.2, 0) is 42.9 Å². The first-order valence-electron chi connectivity index (χ1n) is 23.7. The van der Waals surface area contributed by atoms with Gasteiger partial charge < -0.3 is 54.4 Å². The number of halogens is 5. The Labute approximate surface area is 452 Å². The van der Waals surface area contributed by atoms with E-state index in [2.05, 4.69) is 39.1 Å². The van der Waals surface area contributed by atoms with Crippen LogP contribution in [0.15, 0.2) is 62.0 Å². The summed E-state index contributed by atoms with van der Waals surface area (Å²) < 4.78 is 64.0. The fourth-order valence-electron chi connectivity index (χ4n) is 6.60. The summed E-state index contributed by atoms with van der Waals surface area (Å²) in [5.74, 6) is -3.30. The highest BCUT2D eigenvalue weighted by Gasteiger charge is 2.47. The lowest BCUT2D eigenvalue weighted by Gasteiger charge is -2.35. The molecule has 0 saturated carbocycles. The Morgan fingerprint density at radius 3 is 1.51 bits per heavy atom. The zero-order valence-corrected chi connectivity index (χ0v) is 46.7. The number of pyridine rings is 2. The summed E-state index contributed by atoms with van der Waals surface area (Å²) in [5, 5.41) is 16.5. The van der Waals surface area contributed by atoms with Crippen molar-refractivity contribution in [3.8, 4) is 11.8 Å². The van der Waals surface area contributed by atoms with Crippen LogP contribution >= 0.6 is 23.2 Å². The molecular weight excluding hydrogens is 1050 g/mol. The van der Waals surface area contributed by atoms with E-state index < -0.39 is 77.1 Å². The largest absolute Gasteiger partial charge is 0.490 e. The van der Waals surface area contributed by atoms with E-state index in [-0.39, 0.29) is 55.5 Å². The minimum atomic E-state index is -5.08. The second-order valence-corrected chi connectivity index (χ2v) is 22.1. The first-order chi connectivity index (χ1) is 34.8. The summed E-state index contributed by atoms with van der Waals surface area (Å²) in [5.41, 5.74) is -2.27. The van der Waals surface area contributed by atoms with Crippen molar-refractivity contribution >= 4 is 65.0 Å². The number of likely N-dealkylation sites (tertiary alicyclic amines) is 1. The number of carboxylic acid groups (broad SMARTS) is 1. The van der Waals surface area contributed by atoms with Crippen LogP contribution in [0.1, 0.15) is 103 Å². The fourth-order valence-corrected chi connectivity index (χ4v) is 6.82. The monoisotopic (exact) mass is 1120 g/mol. The summed E-state index contributed by atoms with van der Waals surface area (Å²) >= 11 is 11.6. The Balaban J connectivity index is 0.000000578. The Morgan fingerprint density at radius 2 is 1.14 bits per heavy atom. The number of carboxylic acids is 1. The molecule has 0 unspecified atom stereocenters. The average molecular weight is 1120 g/mol. The number of nitrogens with one attached hydrogen (secondary N) is 3. The third kappa shape index (κ3) is 26.5. The molecule has 76 heavy (non-hydrogen) atoms. The molecule has 0 spiro atoms. The molecule has 2 aromatic heterocycles. The molecule has 25 heteroatoms. The number of amides is 3. The molecule has 2 saturated heterocycles. The number of alkyl carbamates (subject to hydrolysis) is 2. The van der Waals surface area contributed by atoms with E-state index in [0.29, 0.717) is 34.8 Å². The number of esters is 2. The SMILES string of the molecule is C=CCOC(=O)[C@@H]1C[C@@H](Oc2ccc(Cl)cn2)CN1.C=CCOC(=O)[C@@H]1C[C@@H](Oc2ccc(Cl)cn2)CN1C(=O)[C@@H](NC(=O)OC(C)(C)C)C(C)(C)C.CC(=O)[C@@H](NC(=O)OC(C)(C)C)C(C)(C)C.O=C(O)C(F)(F)F. The number of Topliss-reactive ketones (excluding diaryl/α,β-unsaturated/α-hetero) is 1. The maximum atomic E-state index is 13.7. The third-order valence-electron chi connectivity index (χ3n) is 9.81. The Hall–Kier alpha value is -6.20. The zero-order valence-electron chi connectivity index (χ0n) is 45.2. The van der Waals surface area contributed by atoms with Crippen LogP contribution in [0.25, 0.3) is 0 Å². The highest BCUT2D eigenvalue weighted by atomic mass is 35.5. The Bertz CT molecular complexity index is 2260. The van der Waals surface area contributed by atoms with Gasteiger partial charge in [0.25, 0.3) is 0 Å². The number of nitrogens with zero attached hydrogens (tertiary/aromatic N) is 3. The van der Waals surface area contributed by atoms with Crippen molar-refractivity contribution in [3.05, 3.63) is 72.0 Å². The topological polar surface area (TPSA) is 260 Å². The van der Waals surface area contributed by atoms with Crippen molar-refractivity contribution in [1.29, 1.82) is 0 Å². The van der Waals surface area contributed by atoms with Gasteiger partial charge in [-0.1, -0.05) is 90.1 Å². The van der Waals surface area contributed by atoms with Crippen molar-refractivity contribution in [2.45, 2.75) is 157 Å². The molecule has 0 bridgehead atoms. The summed E-state index contributed by atoms with van der Waals surface area (Å²) in [4.78, 5) is 92.0. The number of aliphatic carboxylic acids is 1.